The first-order valence-electron chi connectivity index (χ1n) is 4.39. The second-order valence-corrected chi connectivity index (χ2v) is 4.93. The molecular weight excluding hydrogens is 387 g/mol. The summed E-state index contributed by atoms with van der Waals surface area (Å²) >= 11 is 5.45. The summed E-state index contributed by atoms with van der Waals surface area (Å²) in [4.78, 5) is 14.3. The van der Waals surface area contributed by atoms with Crippen LogP contribution in [-0.4, -0.2) is 19.0 Å². The van der Waals surface area contributed by atoms with Crippen molar-refractivity contribution in [2.75, 3.05) is 13.1 Å². The molecule has 0 atom stereocenters. The Kier molecular flexibility index (Phi) is 5.58. The normalized spacial score (nSPS) is 9.38. The van der Waals surface area contributed by atoms with Gasteiger partial charge in [-0.2, -0.15) is 0 Å². The van der Waals surface area contributed by atoms with E-state index in [0.717, 1.165) is 8.04 Å². The van der Waals surface area contributed by atoms with Crippen molar-refractivity contribution in [3.63, 3.8) is 0 Å². The molecule has 0 saturated heterocycles. The van der Waals surface area contributed by atoms with Crippen LogP contribution in [0, 0.1) is 3.57 Å². The molecule has 0 fully saturated rings. The van der Waals surface area contributed by atoms with Gasteiger partial charge in [0.1, 0.15) is 0 Å². The summed E-state index contributed by atoms with van der Waals surface area (Å²) in [6.07, 6.45) is 0. The van der Waals surface area contributed by atoms with Crippen LogP contribution in [0.15, 0.2) is 27.8 Å². The van der Waals surface area contributed by atoms with E-state index in [9.17, 15) is 4.79 Å². The molecule has 0 bridgehead atoms. The van der Waals surface area contributed by atoms with E-state index in [2.05, 4.69) is 53.9 Å². The van der Waals surface area contributed by atoms with Crippen LogP contribution in [0.2, 0.25) is 0 Å². The van der Waals surface area contributed by atoms with Crippen LogP contribution in [0.5, 0.6) is 0 Å². The third-order valence-corrected chi connectivity index (χ3v) is 3.10. The first-order valence-corrected chi connectivity index (χ1v) is 6.26. The van der Waals surface area contributed by atoms with E-state index in [-0.39, 0.29) is 12.5 Å². The molecule has 1 N–H and O–H groups in total. The summed E-state index contributed by atoms with van der Waals surface area (Å²) in [5.41, 5.74) is 8.64. The standard InChI is InChI=1S/C9H8BrIN4O/c10-8-2-1-6(11)5-7(8)9(16)13-3-4-14-15-12/h1-2,5H,3-4H2,(H,13,16). The molecule has 1 rings (SSSR count). The zero-order valence-electron chi connectivity index (χ0n) is 8.15. The van der Waals surface area contributed by atoms with Crippen molar-refractivity contribution in [3.05, 3.63) is 42.2 Å². The molecule has 1 amide bonds. The second-order valence-electron chi connectivity index (χ2n) is 2.83. The average molecular weight is 395 g/mol. The highest BCUT2D eigenvalue weighted by Gasteiger charge is 2.09. The molecule has 0 radical (unpaired) electrons. The molecule has 84 valence electrons. The Bertz CT molecular complexity index is 445. The van der Waals surface area contributed by atoms with Gasteiger partial charge in [0.25, 0.3) is 5.91 Å². The van der Waals surface area contributed by atoms with Gasteiger partial charge in [0, 0.05) is 26.0 Å². The van der Waals surface area contributed by atoms with Crippen molar-refractivity contribution in [3.8, 4) is 0 Å². The average Bonchev–Trinajstić information content (AvgIpc) is 2.27. The number of hydrogen-bond acceptors (Lipinski definition) is 2. The Morgan fingerprint density at radius 1 is 1.62 bits per heavy atom. The lowest BCUT2D eigenvalue weighted by Crippen LogP contribution is -2.26. The van der Waals surface area contributed by atoms with Crippen LogP contribution in [0.3, 0.4) is 0 Å². The minimum absolute atomic E-state index is 0.182. The summed E-state index contributed by atoms with van der Waals surface area (Å²) in [6, 6.07) is 5.51. The maximum Gasteiger partial charge on any atom is 0.252 e. The molecule has 5 nitrogen and oxygen atoms in total. The van der Waals surface area contributed by atoms with Crippen molar-refractivity contribution in [2.45, 2.75) is 0 Å². The van der Waals surface area contributed by atoms with Gasteiger partial charge in [0.2, 0.25) is 0 Å². The van der Waals surface area contributed by atoms with Crippen LogP contribution in [0.25, 0.3) is 10.4 Å². The molecule has 16 heavy (non-hydrogen) atoms. The van der Waals surface area contributed by atoms with Gasteiger partial charge in [0.05, 0.1) is 5.56 Å². The molecule has 0 aliphatic heterocycles. The minimum Gasteiger partial charge on any atom is -0.352 e. The Morgan fingerprint density at radius 3 is 3.06 bits per heavy atom. The predicted molar refractivity (Wildman–Crippen MR) is 73.2 cm³/mol. The van der Waals surface area contributed by atoms with Gasteiger partial charge in [-0.25, -0.2) is 0 Å². The van der Waals surface area contributed by atoms with Crippen molar-refractivity contribution >= 4 is 44.4 Å². The quantitative estimate of drug-likeness (QED) is 0.275. The van der Waals surface area contributed by atoms with Crippen LogP contribution in [0.1, 0.15) is 10.4 Å². The Labute approximate surface area is 115 Å². The summed E-state index contributed by atoms with van der Waals surface area (Å²) in [7, 11) is 0. The topological polar surface area (TPSA) is 77.9 Å². The SMILES string of the molecule is [N-]=[N+]=NCCNC(=O)c1cc(I)ccc1Br. The van der Waals surface area contributed by atoms with Gasteiger partial charge in [-0.3, -0.25) is 4.79 Å². The first kappa shape index (κ1) is 13.3. The van der Waals surface area contributed by atoms with Crippen LogP contribution < -0.4 is 5.32 Å². The second kappa shape index (κ2) is 6.72. The van der Waals surface area contributed by atoms with Crippen molar-refractivity contribution in [2.24, 2.45) is 5.11 Å². The van der Waals surface area contributed by atoms with Gasteiger partial charge in [-0.05, 0) is 62.3 Å². The predicted octanol–water partition coefficient (Wildman–Crippen LogP) is 3.09. The van der Waals surface area contributed by atoms with Gasteiger partial charge < -0.3 is 5.32 Å². The van der Waals surface area contributed by atoms with Crippen molar-refractivity contribution in [1.82, 2.24) is 5.32 Å². The molecule has 7 heteroatoms. The highest BCUT2D eigenvalue weighted by atomic mass is 127. The van der Waals surface area contributed by atoms with Crippen LogP contribution in [0.4, 0.5) is 0 Å². The van der Waals surface area contributed by atoms with E-state index >= 15 is 0 Å². The summed E-state index contributed by atoms with van der Waals surface area (Å²) in [5, 5.41) is 5.99. The van der Waals surface area contributed by atoms with E-state index in [1.807, 2.05) is 12.1 Å². The highest BCUT2D eigenvalue weighted by molar-refractivity contribution is 14.1. The number of rotatable bonds is 4. The zero-order valence-corrected chi connectivity index (χ0v) is 11.9. The molecule has 0 spiro atoms. The third kappa shape index (κ3) is 3.99. The Balaban J connectivity index is 2.65. The molecule has 0 saturated carbocycles. The summed E-state index contributed by atoms with van der Waals surface area (Å²) < 4.78 is 1.73. The zero-order chi connectivity index (χ0) is 12.0. The largest absolute Gasteiger partial charge is 0.352 e. The third-order valence-electron chi connectivity index (χ3n) is 1.73. The molecule has 0 aliphatic carbocycles. The summed E-state index contributed by atoms with van der Waals surface area (Å²) in [6.45, 7) is 0.588. The van der Waals surface area contributed by atoms with E-state index in [1.165, 1.54) is 0 Å². The molecule has 0 aromatic heterocycles. The number of benzene rings is 1. The van der Waals surface area contributed by atoms with E-state index in [4.69, 9.17) is 5.53 Å². The number of nitrogens with zero attached hydrogens (tertiary/aromatic N) is 3. The fourth-order valence-electron chi connectivity index (χ4n) is 1.03. The highest BCUT2D eigenvalue weighted by Crippen LogP contribution is 2.19. The number of amides is 1. The van der Waals surface area contributed by atoms with E-state index in [1.54, 1.807) is 6.07 Å². The number of nitrogens with one attached hydrogen (secondary N) is 1. The van der Waals surface area contributed by atoms with Gasteiger partial charge in [-0.15, -0.1) is 0 Å². The number of carbonyl (C=O) groups excluding carboxylic acids is 1. The van der Waals surface area contributed by atoms with E-state index < -0.39 is 0 Å². The lowest BCUT2D eigenvalue weighted by atomic mass is 10.2. The van der Waals surface area contributed by atoms with Crippen molar-refractivity contribution in [1.29, 1.82) is 0 Å². The number of halogens is 2. The van der Waals surface area contributed by atoms with Gasteiger partial charge in [-0.1, -0.05) is 5.11 Å². The molecule has 0 aliphatic rings. The Hall–Kier alpha value is -0.790. The minimum atomic E-state index is -0.182. The summed E-state index contributed by atoms with van der Waals surface area (Å²) in [5.74, 6) is -0.182. The van der Waals surface area contributed by atoms with Crippen molar-refractivity contribution < 1.29 is 4.79 Å². The lowest BCUT2D eigenvalue weighted by Gasteiger charge is -2.05. The van der Waals surface area contributed by atoms with Gasteiger partial charge >= 0.3 is 0 Å². The fraction of sp³-hybridized carbons (Fsp3) is 0.222. The molecule has 0 heterocycles. The number of carbonyl (C=O) groups is 1. The number of hydrogen-bond donors (Lipinski definition) is 1. The van der Waals surface area contributed by atoms with Crippen LogP contribution in [-0.2, 0) is 0 Å². The molecular formula is C9H8BrIN4O. The first-order chi connectivity index (χ1) is 7.65. The molecule has 1 aromatic carbocycles. The lowest BCUT2D eigenvalue weighted by molar-refractivity contribution is 0.0954. The van der Waals surface area contributed by atoms with Gasteiger partial charge in [0.15, 0.2) is 0 Å². The van der Waals surface area contributed by atoms with Crippen LogP contribution >= 0.6 is 38.5 Å². The van der Waals surface area contributed by atoms with E-state index in [0.29, 0.717) is 12.1 Å². The number of azide groups is 1. The maximum atomic E-state index is 11.7. The Morgan fingerprint density at radius 2 is 2.38 bits per heavy atom. The molecule has 0 unspecified atom stereocenters. The maximum absolute atomic E-state index is 11.7. The molecule has 1 aromatic rings. The smallest absolute Gasteiger partial charge is 0.252 e. The fourth-order valence-corrected chi connectivity index (χ4v) is 1.95. The monoisotopic (exact) mass is 394 g/mol.